The van der Waals surface area contributed by atoms with E-state index in [0.717, 1.165) is 43.1 Å². The van der Waals surface area contributed by atoms with Gasteiger partial charge in [-0.3, -0.25) is 9.69 Å². The molecule has 1 amide bonds. The third kappa shape index (κ3) is 8.72. The quantitative estimate of drug-likeness (QED) is 0.265. The van der Waals surface area contributed by atoms with Crippen molar-refractivity contribution in [2.24, 2.45) is 4.99 Å². The number of halogens is 1. The number of rotatable bonds is 10. The minimum absolute atomic E-state index is 0. The third-order valence-electron chi connectivity index (χ3n) is 5.44. The number of hydrogen-bond acceptors (Lipinski definition) is 5. The Balaban J connectivity index is 0.00000480. The van der Waals surface area contributed by atoms with Crippen molar-refractivity contribution in [3.8, 4) is 11.5 Å². The Bertz CT molecular complexity index is 714. The lowest BCUT2D eigenvalue weighted by atomic mass is 10.1. The molecule has 2 N–H and O–H groups in total. The molecule has 1 unspecified atom stereocenters. The minimum Gasteiger partial charge on any atom is -0.493 e. The summed E-state index contributed by atoms with van der Waals surface area (Å²) in [6.07, 6.45) is 3.22. The second-order valence-electron chi connectivity index (χ2n) is 7.62. The van der Waals surface area contributed by atoms with E-state index in [9.17, 15) is 4.79 Å². The molecule has 2 rings (SSSR count). The van der Waals surface area contributed by atoms with E-state index in [1.807, 2.05) is 18.2 Å². The first-order valence-electron chi connectivity index (χ1n) is 10.7. The number of hydrogen-bond donors (Lipinski definition) is 2. The number of guanidine groups is 1. The summed E-state index contributed by atoms with van der Waals surface area (Å²) in [5, 5.41) is 6.79. The fourth-order valence-electron chi connectivity index (χ4n) is 3.58. The summed E-state index contributed by atoms with van der Waals surface area (Å²) in [4.78, 5) is 20.5. The molecule has 8 nitrogen and oxygen atoms in total. The van der Waals surface area contributed by atoms with Crippen LogP contribution in [0.2, 0.25) is 0 Å². The Hall–Kier alpha value is -1.75. The van der Waals surface area contributed by atoms with E-state index in [1.165, 1.54) is 12.8 Å². The summed E-state index contributed by atoms with van der Waals surface area (Å²) in [5.41, 5.74) is 1.14. The van der Waals surface area contributed by atoms with Gasteiger partial charge >= 0.3 is 0 Å². The van der Waals surface area contributed by atoms with Crippen LogP contribution in [0, 0.1) is 0 Å². The lowest BCUT2D eigenvalue weighted by molar-refractivity contribution is -0.127. The average molecular weight is 547 g/mol. The molecule has 1 aromatic rings. The van der Waals surface area contributed by atoms with E-state index in [0.29, 0.717) is 18.5 Å². The molecule has 9 heteroatoms. The Morgan fingerprint density at radius 2 is 1.97 bits per heavy atom. The summed E-state index contributed by atoms with van der Waals surface area (Å²) in [6.45, 7) is 6.06. The van der Waals surface area contributed by atoms with Crippen LogP contribution >= 0.6 is 24.0 Å². The largest absolute Gasteiger partial charge is 0.493 e. The lowest BCUT2D eigenvalue weighted by Gasteiger charge is -2.24. The summed E-state index contributed by atoms with van der Waals surface area (Å²) < 4.78 is 10.7. The van der Waals surface area contributed by atoms with Crippen LogP contribution < -0.4 is 20.1 Å². The van der Waals surface area contributed by atoms with Crippen LogP contribution in [-0.2, 0) is 11.2 Å². The molecule has 0 saturated carbocycles. The van der Waals surface area contributed by atoms with E-state index in [-0.39, 0.29) is 36.4 Å². The number of benzene rings is 1. The van der Waals surface area contributed by atoms with E-state index in [1.54, 1.807) is 33.2 Å². The maximum Gasteiger partial charge on any atom is 0.243 e. The molecule has 0 spiro atoms. The van der Waals surface area contributed by atoms with Crippen LogP contribution in [0.15, 0.2) is 23.2 Å². The van der Waals surface area contributed by atoms with Gasteiger partial charge < -0.3 is 25.0 Å². The molecule has 31 heavy (non-hydrogen) atoms. The number of amides is 1. The number of carbonyl (C=O) groups is 1. The van der Waals surface area contributed by atoms with E-state index >= 15 is 0 Å². The van der Waals surface area contributed by atoms with Crippen LogP contribution in [-0.4, -0.2) is 88.7 Å². The van der Waals surface area contributed by atoms with Crippen molar-refractivity contribution < 1.29 is 14.3 Å². The van der Waals surface area contributed by atoms with Gasteiger partial charge in [-0.25, -0.2) is 4.99 Å². The molecule has 0 aliphatic carbocycles. The van der Waals surface area contributed by atoms with Crippen molar-refractivity contribution in [2.45, 2.75) is 32.2 Å². The van der Waals surface area contributed by atoms with Crippen molar-refractivity contribution in [3.05, 3.63) is 23.8 Å². The summed E-state index contributed by atoms with van der Waals surface area (Å²) in [7, 11) is 6.76. The third-order valence-corrected chi connectivity index (χ3v) is 5.44. The van der Waals surface area contributed by atoms with Gasteiger partial charge in [-0.15, -0.1) is 24.0 Å². The van der Waals surface area contributed by atoms with Crippen LogP contribution in [0.3, 0.4) is 0 Å². The zero-order chi connectivity index (χ0) is 21.9. The number of likely N-dealkylation sites (N-methyl/N-ethyl adjacent to an activating group) is 2. The number of carbonyl (C=O) groups excluding carboxylic acids is 1. The predicted octanol–water partition coefficient (Wildman–Crippen LogP) is 1.97. The maximum atomic E-state index is 12.0. The monoisotopic (exact) mass is 547 g/mol. The number of nitrogens with zero attached hydrogens (tertiary/aromatic N) is 3. The molecule has 0 radical (unpaired) electrons. The maximum absolute atomic E-state index is 12.0. The van der Waals surface area contributed by atoms with Crippen molar-refractivity contribution in [1.82, 2.24) is 20.4 Å². The predicted molar refractivity (Wildman–Crippen MR) is 136 cm³/mol. The van der Waals surface area contributed by atoms with Gasteiger partial charge in [-0.2, -0.15) is 0 Å². The van der Waals surface area contributed by atoms with Crippen molar-refractivity contribution in [2.75, 3.05) is 61.0 Å². The van der Waals surface area contributed by atoms with Crippen molar-refractivity contribution in [1.29, 1.82) is 0 Å². The van der Waals surface area contributed by atoms with E-state index in [4.69, 9.17) is 9.47 Å². The molecule has 1 atom stereocenters. The fraction of sp³-hybridized carbons (Fsp3) is 0.636. The molecule has 1 fully saturated rings. The van der Waals surface area contributed by atoms with Gasteiger partial charge in [-0.05, 0) is 50.0 Å². The highest BCUT2D eigenvalue weighted by Crippen LogP contribution is 2.27. The van der Waals surface area contributed by atoms with Crippen molar-refractivity contribution >= 4 is 35.8 Å². The fourth-order valence-corrected chi connectivity index (χ4v) is 3.58. The van der Waals surface area contributed by atoms with Gasteiger partial charge in [0.2, 0.25) is 5.91 Å². The summed E-state index contributed by atoms with van der Waals surface area (Å²) in [6, 6.07) is 6.44. The highest BCUT2D eigenvalue weighted by atomic mass is 127. The Morgan fingerprint density at radius 1 is 1.23 bits per heavy atom. The van der Waals surface area contributed by atoms with Crippen LogP contribution in [0.5, 0.6) is 11.5 Å². The highest BCUT2D eigenvalue weighted by Gasteiger charge is 2.22. The normalized spacial score (nSPS) is 16.4. The van der Waals surface area contributed by atoms with Crippen LogP contribution in [0.25, 0.3) is 0 Å². The lowest BCUT2D eigenvalue weighted by Crippen LogP contribution is -2.45. The van der Waals surface area contributed by atoms with Gasteiger partial charge in [0.25, 0.3) is 0 Å². The summed E-state index contributed by atoms with van der Waals surface area (Å²) in [5.74, 6) is 2.09. The SMILES string of the molecule is CCN1CCCC1CNC(=NCC(=O)N(C)C)NCCc1ccc(OC)c(OC)c1.I. The van der Waals surface area contributed by atoms with Gasteiger partial charge in [0.15, 0.2) is 17.5 Å². The number of ether oxygens (including phenoxy) is 2. The second-order valence-corrected chi connectivity index (χ2v) is 7.62. The number of methoxy groups -OCH3 is 2. The molecule has 1 saturated heterocycles. The molecule has 0 bridgehead atoms. The molecule has 1 aliphatic heterocycles. The van der Waals surface area contributed by atoms with Gasteiger partial charge in [0, 0.05) is 33.2 Å². The first-order chi connectivity index (χ1) is 14.5. The highest BCUT2D eigenvalue weighted by molar-refractivity contribution is 14.0. The summed E-state index contributed by atoms with van der Waals surface area (Å²) >= 11 is 0. The molecular formula is C22H38IN5O3. The van der Waals surface area contributed by atoms with Crippen LogP contribution in [0.1, 0.15) is 25.3 Å². The zero-order valence-electron chi connectivity index (χ0n) is 19.4. The Morgan fingerprint density at radius 3 is 2.61 bits per heavy atom. The Labute approximate surface area is 203 Å². The second kappa shape index (κ2) is 14.3. The zero-order valence-corrected chi connectivity index (χ0v) is 21.8. The van der Waals surface area contributed by atoms with E-state index in [2.05, 4.69) is 27.4 Å². The smallest absolute Gasteiger partial charge is 0.243 e. The topological polar surface area (TPSA) is 78.4 Å². The number of likely N-dealkylation sites (tertiary alicyclic amines) is 1. The first kappa shape index (κ1) is 27.3. The minimum atomic E-state index is -0.0213. The Kier molecular flexibility index (Phi) is 12.6. The molecule has 1 aromatic carbocycles. The molecule has 1 heterocycles. The molecule has 0 aromatic heterocycles. The molecular weight excluding hydrogens is 509 g/mol. The van der Waals surface area contributed by atoms with Crippen LogP contribution in [0.4, 0.5) is 0 Å². The van der Waals surface area contributed by atoms with Gasteiger partial charge in [0.1, 0.15) is 6.54 Å². The van der Waals surface area contributed by atoms with Gasteiger partial charge in [0.05, 0.1) is 14.2 Å². The van der Waals surface area contributed by atoms with E-state index < -0.39 is 0 Å². The standard InChI is InChI=1S/C22H37N5O3.HI/c1-6-27-13-7-8-18(27)15-24-22(25-16-21(28)26(2)3)23-12-11-17-9-10-19(29-4)20(14-17)30-5;/h9-10,14,18H,6-8,11-13,15-16H2,1-5H3,(H2,23,24,25);1H. The first-order valence-corrected chi connectivity index (χ1v) is 10.7. The van der Waals surface area contributed by atoms with Crippen molar-refractivity contribution in [3.63, 3.8) is 0 Å². The average Bonchev–Trinajstić information content (AvgIpc) is 3.22. The molecule has 1 aliphatic rings. The molecule has 176 valence electrons. The number of aliphatic imine (C=N–C) groups is 1. The van der Waals surface area contributed by atoms with Gasteiger partial charge in [-0.1, -0.05) is 13.0 Å². The number of nitrogens with one attached hydrogen (secondary N) is 2.